The first-order valence-corrected chi connectivity index (χ1v) is 6.52. The van der Waals surface area contributed by atoms with Gasteiger partial charge in [0.2, 0.25) is 5.91 Å². The lowest BCUT2D eigenvalue weighted by Crippen LogP contribution is -2.48. The fourth-order valence-electron chi connectivity index (χ4n) is 2.04. The Balaban J connectivity index is 2.65. The van der Waals surface area contributed by atoms with Gasteiger partial charge in [0.1, 0.15) is 6.04 Å². The molecular weight excluding hydrogens is 266 g/mol. The molecule has 1 rings (SSSR count). The predicted octanol–water partition coefficient (Wildman–Crippen LogP) is -0.120. The zero-order valence-electron chi connectivity index (χ0n) is 12.0. The standard InChI is InChI=1S/C13H21NO6/c1-8(6-10(15)18-2)11(13(17)19-3)14-12(16)9-4-5-20-7-9/h8-9,11H,4-7H2,1-3H3,(H,14,16)/t8-,9-,11-/m1/s1. The Morgan fingerprint density at radius 2 is 2.00 bits per heavy atom. The van der Waals surface area contributed by atoms with Crippen LogP contribution < -0.4 is 5.32 Å². The van der Waals surface area contributed by atoms with Gasteiger partial charge in [-0.05, 0) is 12.3 Å². The summed E-state index contributed by atoms with van der Waals surface area (Å²) < 4.78 is 14.4. The zero-order chi connectivity index (χ0) is 15.1. The molecule has 0 radical (unpaired) electrons. The largest absolute Gasteiger partial charge is 0.469 e. The molecule has 0 aromatic rings. The highest BCUT2D eigenvalue weighted by molar-refractivity contribution is 5.86. The van der Waals surface area contributed by atoms with Crippen LogP contribution in [0.5, 0.6) is 0 Å². The average Bonchev–Trinajstić information content (AvgIpc) is 2.97. The van der Waals surface area contributed by atoms with Crippen LogP contribution in [0.15, 0.2) is 0 Å². The van der Waals surface area contributed by atoms with Crippen molar-refractivity contribution in [3.05, 3.63) is 0 Å². The molecule has 0 spiro atoms. The van der Waals surface area contributed by atoms with Crippen molar-refractivity contribution in [1.82, 2.24) is 5.32 Å². The third kappa shape index (κ3) is 4.48. The monoisotopic (exact) mass is 287 g/mol. The van der Waals surface area contributed by atoms with Crippen molar-refractivity contribution in [3.8, 4) is 0 Å². The van der Waals surface area contributed by atoms with Gasteiger partial charge in [-0.15, -0.1) is 0 Å². The lowest BCUT2D eigenvalue weighted by molar-refractivity contribution is -0.149. The Labute approximate surface area is 117 Å². The molecule has 1 aliphatic heterocycles. The molecule has 20 heavy (non-hydrogen) atoms. The Hall–Kier alpha value is -1.63. The summed E-state index contributed by atoms with van der Waals surface area (Å²) in [6.07, 6.45) is 0.656. The first-order valence-electron chi connectivity index (χ1n) is 6.52. The van der Waals surface area contributed by atoms with Gasteiger partial charge in [0, 0.05) is 6.61 Å². The van der Waals surface area contributed by atoms with Gasteiger partial charge in [0.05, 0.1) is 33.2 Å². The van der Waals surface area contributed by atoms with Gasteiger partial charge in [-0.2, -0.15) is 0 Å². The van der Waals surface area contributed by atoms with Crippen molar-refractivity contribution >= 4 is 17.8 Å². The minimum Gasteiger partial charge on any atom is -0.469 e. The summed E-state index contributed by atoms with van der Waals surface area (Å²) in [5, 5.41) is 2.64. The summed E-state index contributed by atoms with van der Waals surface area (Å²) >= 11 is 0. The number of carbonyl (C=O) groups excluding carboxylic acids is 3. The Kier molecular flexibility index (Phi) is 6.44. The van der Waals surface area contributed by atoms with E-state index in [2.05, 4.69) is 14.8 Å². The van der Waals surface area contributed by atoms with E-state index >= 15 is 0 Å². The molecule has 1 N–H and O–H groups in total. The van der Waals surface area contributed by atoms with Gasteiger partial charge >= 0.3 is 11.9 Å². The van der Waals surface area contributed by atoms with Crippen LogP contribution >= 0.6 is 0 Å². The maximum absolute atomic E-state index is 12.0. The van der Waals surface area contributed by atoms with Gasteiger partial charge in [-0.1, -0.05) is 6.92 Å². The van der Waals surface area contributed by atoms with Crippen molar-refractivity contribution in [1.29, 1.82) is 0 Å². The second-order valence-electron chi connectivity index (χ2n) is 4.83. The van der Waals surface area contributed by atoms with Crippen molar-refractivity contribution in [2.24, 2.45) is 11.8 Å². The van der Waals surface area contributed by atoms with Crippen molar-refractivity contribution < 1.29 is 28.6 Å². The van der Waals surface area contributed by atoms with E-state index in [1.54, 1.807) is 6.92 Å². The van der Waals surface area contributed by atoms with Gasteiger partial charge in [-0.25, -0.2) is 4.79 Å². The SMILES string of the molecule is COC(=O)C[C@@H](C)[C@@H](NC(=O)[C@@H]1CCOC1)C(=O)OC. The molecule has 0 bridgehead atoms. The third-order valence-electron chi connectivity index (χ3n) is 3.34. The molecule has 0 aromatic heterocycles. The number of hydrogen-bond acceptors (Lipinski definition) is 6. The van der Waals surface area contributed by atoms with Crippen LogP contribution in [0.25, 0.3) is 0 Å². The molecule has 1 heterocycles. The predicted molar refractivity (Wildman–Crippen MR) is 68.7 cm³/mol. The molecule has 3 atom stereocenters. The second-order valence-corrected chi connectivity index (χ2v) is 4.83. The normalized spacial score (nSPS) is 20.9. The minimum atomic E-state index is -0.868. The van der Waals surface area contributed by atoms with Gasteiger partial charge < -0.3 is 19.5 Å². The first-order chi connectivity index (χ1) is 9.49. The Morgan fingerprint density at radius 3 is 2.50 bits per heavy atom. The highest BCUT2D eigenvalue weighted by atomic mass is 16.5. The maximum atomic E-state index is 12.0. The maximum Gasteiger partial charge on any atom is 0.328 e. The van der Waals surface area contributed by atoms with Crippen LogP contribution in [-0.2, 0) is 28.6 Å². The molecule has 0 aliphatic carbocycles. The topological polar surface area (TPSA) is 90.9 Å². The molecule has 7 nitrogen and oxygen atoms in total. The van der Waals surface area contributed by atoms with E-state index in [1.807, 2.05) is 0 Å². The number of nitrogens with one attached hydrogen (secondary N) is 1. The number of ether oxygens (including phenoxy) is 3. The number of carbonyl (C=O) groups is 3. The van der Waals surface area contributed by atoms with Crippen LogP contribution in [0.1, 0.15) is 19.8 Å². The summed E-state index contributed by atoms with van der Waals surface area (Å²) in [7, 11) is 2.52. The molecule has 1 saturated heterocycles. The molecule has 0 saturated carbocycles. The van der Waals surface area contributed by atoms with E-state index in [1.165, 1.54) is 14.2 Å². The van der Waals surface area contributed by atoms with E-state index in [9.17, 15) is 14.4 Å². The summed E-state index contributed by atoms with van der Waals surface area (Å²) in [6.45, 7) is 2.58. The number of amides is 1. The third-order valence-corrected chi connectivity index (χ3v) is 3.34. The molecular formula is C13H21NO6. The quantitative estimate of drug-likeness (QED) is 0.685. The number of esters is 2. The fourth-order valence-corrected chi connectivity index (χ4v) is 2.04. The lowest BCUT2D eigenvalue weighted by Gasteiger charge is -2.23. The molecule has 1 amide bonds. The van der Waals surface area contributed by atoms with Crippen LogP contribution in [0.2, 0.25) is 0 Å². The minimum absolute atomic E-state index is 0.0255. The van der Waals surface area contributed by atoms with E-state index < -0.39 is 23.9 Å². The number of hydrogen-bond donors (Lipinski definition) is 1. The highest BCUT2D eigenvalue weighted by Crippen LogP contribution is 2.15. The van der Waals surface area contributed by atoms with Crippen molar-refractivity contribution in [2.45, 2.75) is 25.8 Å². The number of rotatable bonds is 6. The zero-order valence-corrected chi connectivity index (χ0v) is 12.0. The molecule has 1 fully saturated rings. The van der Waals surface area contributed by atoms with Gasteiger partial charge in [0.15, 0.2) is 0 Å². The average molecular weight is 287 g/mol. The van der Waals surface area contributed by atoms with Crippen LogP contribution in [0, 0.1) is 11.8 Å². The van der Waals surface area contributed by atoms with Crippen LogP contribution in [0.4, 0.5) is 0 Å². The highest BCUT2D eigenvalue weighted by Gasteiger charge is 2.32. The van der Waals surface area contributed by atoms with Crippen LogP contribution in [-0.4, -0.2) is 51.3 Å². The van der Waals surface area contributed by atoms with E-state index in [-0.39, 0.29) is 18.2 Å². The lowest BCUT2D eigenvalue weighted by atomic mass is 9.97. The Bertz CT molecular complexity index is 364. The fraction of sp³-hybridized carbons (Fsp3) is 0.769. The summed E-state index contributed by atoms with van der Waals surface area (Å²) in [6, 6.07) is -0.868. The number of methoxy groups -OCH3 is 2. The van der Waals surface area contributed by atoms with Gasteiger partial charge in [-0.3, -0.25) is 9.59 Å². The van der Waals surface area contributed by atoms with Crippen LogP contribution in [0.3, 0.4) is 0 Å². The van der Waals surface area contributed by atoms with Gasteiger partial charge in [0.25, 0.3) is 0 Å². The molecule has 7 heteroatoms. The van der Waals surface area contributed by atoms with Crippen molar-refractivity contribution in [3.63, 3.8) is 0 Å². The second kappa shape index (κ2) is 7.84. The molecule has 1 aliphatic rings. The van der Waals surface area contributed by atoms with Crippen molar-refractivity contribution in [2.75, 3.05) is 27.4 Å². The van der Waals surface area contributed by atoms with E-state index in [4.69, 9.17) is 4.74 Å². The molecule has 0 unspecified atom stereocenters. The van der Waals surface area contributed by atoms with E-state index in [0.717, 1.165) is 0 Å². The molecule has 0 aromatic carbocycles. The summed E-state index contributed by atoms with van der Waals surface area (Å²) in [5.74, 6) is -1.94. The first kappa shape index (κ1) is 16.4. The Morgan fingerprint density at radius 1 is 1.30 bits per heavy atom. The van der Waals surface area contributed by atoms with E-state index in [0.29, 0.717) is 19.6 Å². The molecule has 114 valence electrons. The summed E-state index contributed by atoms with van der Waals surface area (Å²) in [5.41, 5.74) is 0. The smallest absolute Gasteiger partial charge is 0.328 e. The summed E-state index contributed by atoms with van der Waals surface area (Å²) in [4.78, 5) is 35.0.